The van der Waals surface area contributed by atoms with Crippen molar-refractivity contribution in [1.29, 1.82) is 0 Å². The van der Waals surface area contributed by atoms with Crippen LogP contribution in [0.2, 0.25) is 0 Å². The van der Waals surface area contributed by atoms with E-state index >= 15 is 0 Å². The normalized spacial score (nSPS) is 17.3. The summed E-state index contributed by atoms with van der Waals surface area (Å²) in [5.74, 6) is -0.121. The maximum absolute atomic E-state index is 11.8. The van der Waals surface area contributed by atoms with Crippen LogP contribution in [0.25, 0.3) is 0 Å². The van der Waals surface area contributed by atoms with Gasteiger partial charge in [0, 0.05) is 18.3 Å². The third-order valence-corrected chi connectivity index (χ3v) is 5.46. The molecule has 0 unspecified atom stereocenters. The highest BCUT2D eigenvalue weighted by Crippen LogP contribution is 2.42. The monoisotopic (exact) mass is 272 g/mol. The predicted molar refractivity (Wildman–Crippen MR) is 71.9 cm³/mol. The molecule has 17 heavy (non-hydrogen) atoms. The van der Waals surface area contributed by atoms with Crippen LogP contribution < -0.4 is 10.6 Å². The second-order valence-corrected chi connectivity index (χ2v) is 6.34. The van der Waals surface area contributed by atoms with Crippen LogP contribution in [-0.4, -0.2) is 40.7 Å². The lowest BCUT2D eigenvalue weighted by Crippen LogP contribution is -2.45. The molecule has 0 aromatic carbocycles. The van der Waals surface area contributed by atoms with Crippen LogP contribution in [-0.2, 0) is 0 Å². The Morgan fingerprint density at radius 2 is 2.29 bits per heavy atom. The third kappa shape index (κ3) is 2.71. The molecule has 1 aromatic rings. The first-order valence-corrected chi connectivity index (χ1v) is 7.58. The van der Waals surface area contributed by atoms with Gasteiger partial charge in [-0.3, -0.25) is 4.79 Å². The highest BCUT2D eigenvalue weighted by atomic mass is 32.2. The zero-order valence-electron chi connectivity index (χ0n) is 9.95. The van der Waals surface area contributed by atoms with Crippen molar-refractivity contribution >= 4 is 34.1 Å². The van der Waals surface area contributed by atoms with Gasteiger partial charge >= 0.3 is 0 Å². The summed E-state index contributed by atoms with van der Waals surface area (Å²) < 4.78 is 0.256. The summed E-state index contributed by atoms with van der Waals surface area (Å²) in [4.78, 5) is 11.8. The van der Waals surface area contributed by atoms with Crippen LogP contribution >= 0.6 is 23.1 Å². The van der Waals surface area contributed by atoms with Crippen LogP contribution in [0.1, 0.15) is 29.1 Å². The van der Waals surface area contributed by atoms with Crippen molar-refractivity contribution in [3.05, 3.63) is 5.01 Å². The molecule has 2 N–H and O–H groups in total. The molecule has 0 atom stereocenters. The second-order valence-electron chi connectivity index (χ2n) is 4.09. The molecule has 1 aromatic heterocycles. The van der Waals surface area contributed by atoms with Gasteiger partial charge in [0.05, 0.1) is 0 Å². The third-order valence-electron chi connectivity index (χ3n) is 3.10. The lowest BCUT2D eigenvalue weighted by molar-refractivity contribution is 0.0943. The number of anilines is 1. The van der Waals surface area contributed by atoms with Crippen molar-refractivity contribution in [1.82, 2.24) is 15.5 Å². The fourth-order valence-electron chi connectivity index (χ4n) is 1.76. The Balaban J connectivity index is 1.88. The molecule has 1 amide bonds. The fourth-order valence-corrected chi connectivity index (χ4v) is 3.28. The summed E-state index contributed by atoms with van der Waals surface area (Å²) in [6, 6.07) is 0. The summed E-state index contributed by atoms with van der Waals surface area (Å²) in [5.41, 5.74) is 0. The van der Waals surface area contributed by atoms with E-state index in [1.807, 2.05) is 11.8 Å². The predicted octanol–water partition coefficient (Wildman–Crippen LogP) is 1.60. The van der Waals surface area contributed by atoms with E-state index in [4.69, 9.17) is 0 Å². The van der Waals surface area contributed by atoms with E-state index in [9.17, 15) is 4.79 Å². The molecular formula is C10H16N4OS2. The molecule has 7 heteroatoms. The fraction of sp³-hybridized carbons (Fsp3) is 0.700. The number of amides is 1. The lowest BCUT2D eigenvalue weighted by Gasteiger charge is -2.40. The largest absolute Gasteiger partial charge is 0.363 e. The van der Waals surface area contributed by atoms with Crippen molar-refractivity contribution in [2.45, 2.75) is 24.0 Å². The van der Waals surface area contributed by atoms with E-state index in [2.05, 4.69) is 27.1 Å². The number of hydrogen-bond acceptors (Lipinski definition) is 6. The van der Waals surface area contributed by atoms with Crippen LogP contribution in [0.5, 0.6) is 0 Å². The van der Waals surface area contributed by atoms with E-state index in [1.165, 1.54) is 30.6 Å². The molecule has 1 saturated carbocycles. The number of carbonyl (C=O) groups excluding carboxylic acids is 1. The van der Waals surface area contributed by atoms with Gasteiger partial charge in [-0.25, -0.2) is 0 Å². The van der Waals surface area contributed by atoms with Crippen LogP contribution in [0, 0.1) is 0 Å². The molecule has 1 heterocycles. The van der Waals surface area contributed by atoms with Gasteiger partial charge in [-0.15, -0.1) is 10.2 Å². The van der Waals surface area contributed by atoms with Crippen LogP contribution in [0.3, 0.4) is 0 Å². The number of carbonyl (C=O) groups is 1. The van der Waals surface area contributed by atoms with E-state index in [-0.39, 0.29) is 10.7 Å². The molecule has 1 fully saturated rings. The highest BCUT2D eigenvalue weighted by Gasteiger charge is 2.36. The number of thioether (sulfide) groups is 1. The van der Waals surface area contributed by atoms with Crippen molar-refractivity contribution in [3.8, 4) is 0 Å². The number of nitrogens with one attached hydrogen (secondary N) is 2. The highest BCUT2D eigenvalue weighted by molar-refractivity contribution is 8.00. The van der Waals surface area contributed by atoms with Crippen molar-refractivity contribution < 1.29 is 4.79 Å². The van der Waals surface area contributed by atoms with Crippen LogP contribution in [0.15, 0.2) is 0 Å². The van der Waals surface area contributed by atoms with E-state index in [0.717, 1.165) is 6.54 Å². The summed E-state index contributed by atoms with van der Waals surface area (Å²) in [7, 11) is 1.76. The SMILES string of the molecule is CNc1nnc(C(=O)NCC2(SC)CCC2)s1. The Morgan fingerprint density at radius 1 is 1.53 bits per heavy atom. The van der Waals surface area contributed by atoms with E-state index < -0.39 is 0 Å². The number of hydrogen-bond donors (Lipinski definition) is 2. The van der Waals surface area contributed by atoms with Crippen LogP contribution in [0.4, 0.5) is 5.13 Å². The molecule has 0 aliphatic heterocycles. The zero-order valence-corrected chi connectivity index (χ0v) is 11.6. The Bertz CT molecular complexity index is 397. The Morgan fingerprint density at radius 3 is 2.76 bits per heavy atom. The topological polar surface area (TPSA) is 66.9 Å². The molecular weight excluding hydrogens is 256 g/mol. The minimum absolute atomic E-state index is 0.121. The van der Waals surface area contributed by atoms with E-state index in [1.54, 1.807) is 7.05 Å². The molecule has 1 aliphatic rings. The maximum Gasteiger partial charge on any atom is 0.282 e. The molecule has 0 saturated heterocycles. The van der Waals surface area contributed by atoms with Gasteiger partial charge in [0.15, 0.2) is 0 Å². The van der Waals surface area contributed by atoms with Gasteiger partial charge in [0.2, 0.25) is 10.1 Å². The first kappa shape index (κ1) is 12.6. The standard InChI is InChI=1S/C10H16N4OS2/c1-11-9-14-13-8(17-9)7(15)12-6-10(16-2)4-3-5-10/h3-6H2,1-2H3,(H,11,14)(H,12,15). The number of aromatic nitrogens is 2. The van der Waals surface area contributed by atoms with Crippen molar-refractivity contribution in [3.63, 3.8) is 0 Å². The second kappa shape index (κ2) is 5.22. The molecule has 1 aliphatic carbocycles. The van der Waals surface area contributed by atoms with Gasteiger partial charge in [0.1, 0.15) is 0 Å². The maximum atomic E-state index is 11.8. The summed E-state index contributed by atoms with van der Waals surface area (Å²) in [5, 5.41) is 14.6. The Kier molecular flexibility index (Phi) is 3.88. The first-order valence-electron chi connectivity index (χ1n) is 5.54. The number of rotatable bonds is 5. The van der Waals surface area contributed by atoms with Gasteiger partial charge < -0.3 is 10.6 Å². The minimum atomic E-state index is -0.121. The summed E-state index contributed by atoms with van der Waals surface area (Å²) in [6.07, 6.45) is 5.74. The average molecular weight is 272 g/mol. The molecule has 94 valence electrons. The van der Waals surface area contributed by atoms with Gasteiger partial charge in [0.25, 0.3) is 5.91 Å². The summed E-state index contributed by atoms with van der Waals surface area (Å²) >= 11 is 3.12. The van der Waals surface area contributed by atoms with Gasteiger partial charge in [-0.2, -0.15) is 11.8 Å². The lowest BCUT2D eigenvalue weighted by atomic mass is 9.84. The average Bonchev–Trinajstić information content (AvgIpc) is 2.76. The first-order chi connectivity index (χ1) is 8.19. The summed E-state index contributed by atoms with van der Waals surface area (Å²) in [6.45, 7) is 0.724. The Labute approximate surface area is 109 Å². The molecule has 0 radical (unpaired) electrons. The van der Waals surface area contributed by atoms with Gasteiger partial charge in [-0.1, -0.05) is 17.8 Å². The molecule has 2 rings (SSSR count). The molecule has 5 nitrogen and oxygen atoms in total. The number of nitrogens with zero attached hydrogens (tertiary/aromatic N) is 2. The quantitative estimate of drug-likeness (QED) is 0.852. The smallest absolute Gasteiger partial charge is 0.282 e. The Hall–Kier alpha value is -0.820. The van der Waals surface area contributed by atoms with E-state index in [0.29, 0.717) is 10.1 Å². The van der Waals surface area contributed by atoms with Gasteiger partial charge in [-0.05, 0) is 19.1 Å². The minimum Gasteiger partial charge on any atom is -0.363 e. The molecule has 0 bridgehead atoms. The zero-order chi connectivity index (χ0) is 12.3. The molecule has 0 spiro atoms. The van der Waals surface area contributed by atoms with Crippen molar-refractivity contribution in [2.75, 3.05) is 25.2 Å². The van der Waals surface area contributed by atoms with Crippen molar-refractivity contribution in [2.24, 2.45) is 0 Å².